The van der Waals surface area contributed by atoms with Crippen LogP contribution in [0.15, 0.2) is 0 Å². The van der Waals surface area contributed by atoms with E-state index in [9.17, 15) is 4.79 Å². The van der Waals surface area contributed by atoms with Crippen LogP contribution in [0.5, 0.6) is 5.88 Å². The normalized spacial score (nSPS) is 16.7. The molecule has 0 aromatic carbocycles. The van der Waals surface area contributed by atoms with E-state index in [1.807, 2.05) is 18.9 Å². The zero-order chi connectivity index (χ0) is 17.0. The van der Waals surface area contributed by atoms with Crippen LogP contribution in [0, 0.1) is 0 Å². The molecule has 6 nitrogen and oxygen atoms in total. The maximum Gasteiger partial charge on any atom is 0.239 e. The quantitative estimate of drug-likeness (QED) is 0.871. The topological polar surface area (TPSA) is 59.4 Å². The second kappa shape index (κ2) is 7.81. The molecule has 1 fully saturated rings. The summed E-state index contributed by atoms with van der Waals surface area (Å²) in [5.74, 6) is 1.27. The summed E-state index contributed by atoms with van der Waals surface area (Å²) >= 11 is 0. The zero-order valence-corrected chi connectivity index (χ0v) is 15.1. The van der Waals surface area contributed by atoms with Gasteiger partial charge in [0.1, 0.15) is 0 Å². The molecule has 1 aromatic rings. The fourth-order valence-electron chi connectivity index (χ4n) is 3.19. The highest BCUT2D eigenvalue weighted by Gasteiger charge is 2.24. The maximum absolute atomic E-state index is 12.5. The predicted octanol–water partition coefficient (Wildman–Crippen LogP) is 2.04. The molecule has 2 heterocycles. The largest absolute Gasteiger partial charge is 0.481 e. The summed E-state index contributed by atoms with van der Waals surface area (Å²) in [5, 5.41) is 7.90. The fourth-order valence-corrected chi connectivity index (χ4v) is 3.19. The van der Waals surface area contributed by atoms with E-state index in [-0.39, 0.29) is 11.9 Å². The predicted molar refractivity (Wildman–Crippen MR) is 90.6 cm³/mol. The van der Waals surface area contributed by atoms with Crippen molar-refractivity contribution < 1.29 is 9.53 Å². The first-order chi connectivity index (χ1) is 11.0. The number of likely N-dealkylation sites (tertiary alicyclic amines) is 1. The van der Waals surface area contributed by atoms with Crippen molar-refractivity contribution in [2.24, 2.45) is 7.05 Å². The van der Waals surface area contributed by atoms with Crippen molar-refractivity contribution in [1.82, 2.24) is 20.0 Å². The maximum atomic E-state index is 12.5. The van der Waals surface area contributed by atoms with Crippen molar-refractivity contribution in [3.05, 3.63) is 11.3 Å². The molecule has 1 aliphatic rings. The van der Waals surface area contributed by atoms with Crippen molar-refractivity contribution in [3.63, 3.8) is 0 Å². The average molecular weight is 322 g/mol. The van der Waals surface area contributed by atoms with E-state index in [0.29, 0.717) is 12.5 Å². The lowest BCUT2D eigenvalue weighted by molar-refractivity contribution is -0.133. The van der Waals surface area contributed by atoms with Crippen LogP contribution in [0.3, 0.4) is 0 Å². The number of methoxy groups -OCH3 is 1. The molecule has 0 unspecified atom stereocenters. The summed E-state index contributed by atoms with van der Waals surface area (Å²) in [4.78, 5) is 14.5. The molecule has 1 aromatic heterocycles. The van der Waals surface area contributed by atoms with Crippen LogP contribution >= 0.6 is 0 Å². The van der Waals surface area contributed by atoms with Gasteiger partial charge in [-0.2, -0.15) is 5.10 Å². The second-order valence-corrected chi connectivity index (χ2v) is 6.64. The molecule has 2 rings (SSSR count). The molecule has 1 aliphatic heterocycles. The SMILES string of the molecule is COc1c(CN[C@H](C)C(=O)N2CCCCC2)c(C(C)C)nn1C. The first-order valence-corrected chi connectivity index (χ1v) is 8.57. The molecular weight excluding hydrogens is 292 g/mol. The van der Waals surface area contributed by atoms with E-state index < -0.39 is 0 Å². The number of nitrogens with one attached hydrogen (secondary N) is 1. The lowest BCUT2D eigenvalue weighted by Crippen LogP contribution is -2.46. The van der Waals surface area contributed by atoms with Crippen LogP contribution in [0.1, 0.15) is 57.2 Å². The second-order valence-electron chi connectivity index (χ2n) is 6.64. The first-order valence-electron chi connectivity index (χ1n) is 8.57. The smallest absolute Gasteiger partial charge is 0.239 e. The van der Waals surface area contributed by atoms with Crippen molar-refractivity contribution >= 4 is 5.91 Å². The van der Waals surface area contributed by atoms with Gasteiger partial charge in [-0.1, -0.05) is 13.8 Å². The Morgan fingerprint density at radius 3 is 2.48 bits per heavy atom. The minimum Gasteiger partial charge on any atom is -0.481 e. The number of amides is 1. The molecule has 0 radical (unpaired) electrons. The number of rotatable bonds is 6. The van der Waals surface area contributed by atoms with Crippen LogP contribution in [0.2, 0.25) is 0 Å². The van der Waals surface area contributed by atoms with Crippen LogP contribution in [-0.2, 0) is 18.4 Å². The number of carbonyl (C=O) groups is 1. The molecule has 1 amide bonds. The monoisotopic (exact) mass is 322 g/mol. The standard InChI is InChI=1S/C17H30N4O2/c1-12(2)15-14(17(23-5)20(4)19-15)11-18-13(3)16(22)21-9-7-6-8-10-21/h12-13,18H,6-11H2,1-5H3/t13-/m1/s1. The number of aromatic nitrogens is 2. The minimum atomic E-state index is -0.196. The van der Waals surface area contributed by atoms with E-state index in [2.05, 4.69) is 24.3 Å². The van der Waals surface area contributed by atoms with Crippen LogP contribution < -0.4 is 10.1 Å². The Balaban J connectivity index is 2.03. The van der Waals surface area contributed by atoms with Gasteiger partial charge in [-0.05, 0) is 32.1 Å². The number of nitrogens with zero attached hydrogens (tertiary/aromatic N) is 3. The Bertz CT molecular complexity index is 533. The third-order valence-electron chi connectivity index (χ3n) is 4.48. The fraction of sp³-hybridized carbons (Fsp3) is 0.765. The number of aryl methyl sites for hydroxylation is 1. The van der Waals surface area contributed by atoms with Crippen LogP contribution in [0.4, 0.5) is 0 Å². The zero-order valence-electron chi connectivity index (χ0n) is 15.1. The van der Waals surface area contributed by atoms with Crippen molar-refractivity contribution in [2.45, 2.75) is 58.5 Å². The molecule has 0 aliphatic carbocycles. The lowest BCUT2D eigenvalue weighted by Gasteiger charge is -2.29. The highest BCUT2D eigenvalue weighted by Crippen LogP contribution is 2.27. The van der Waals surface area contributed by atoms with Gasteiger partial charge in [0.25, 0.3) is 0 Å². The molecule has 0 spiro atoms. The number of carbonyl (C=O) groups excluding carboxylic acids is 1. The van der Waals surface area contributed by atoms with Gasteiger partial charge in [-0.3, -0.25) is 4.79 Å². The van der Waals surface area contributed by atoms with Gasteiger partial charge in [-0.25, -0.2) is 4.68 Å². The van der Waals surface area contributed by atoms with E-state index in [1.54, 1.807) is 11.8 Å². The van der Waals surface area contributed by atoms with E-state index in [1.165, 1.54) is 6.42 Å². The molecule has 130 valence electrons. The van der Waals surface area contributed by atoms with E-state index >= 15 is 0 Å². The lowest BCUT2D eigenvalue weighted by atomic mass is 10.1. The molecule has 23 heavy (non-hydrogen) atoms. The first kappa shape index (κ1) is 17.8. The number of hydrogen-bond donors (Lipinski definition) is 1. The summed E-state index contributed by atoms with van der Waals surface area (Å²) in [5.41, 5.74) is 2.07. The molecule has 1 saturated heterocycles. The van der Waals surface area contributed by atoms with Crippen LogP contribution in [-0.4, -0.2) is 46.8 Å². The van der Waals surface area contributed by atoms with Crippen molar-refractivity contribution in [2.75, 3.05) is 20.2 Å². The molecule has 6 heteroatoms. The Kier molecular flexibility index (Phi) is 6.04. The number of piperidine rings is 1. The Morgan fingerprint density at radius 2 is 1.91 bits per heavy atom. The summed E-state index contributed by atoms with van der Waals surface area (Å²) in [7, 11) is 3.55. The van der Waals surface area contributed by atoms with Crippen LogP contribution in [0.25, 0.3) is 0 Å². The molecule has 1 atom stereocenters. The Hall–Kier alpha value is -1.56. The Morgan fingerprint density at radius 1 is 1.26 bits per heavy atom. The molecular formula is C17H30N4O2. The molecule has 0 bridgehead atoms. The number of ether oxygens (including phenoxy) is 1. The van der Waals surface area contributed by atoms with Gasteiger partial charge in [0.15, 0.2) is 0 Å². The van der Waals surface area contributed by atoms with Crippen molar-refractivity contribution in [3.8, 4) is 5.88 Å². The summed E-state index contributed by atoms with van der Waals surface area (Å²) < 4.78 is 7.25. The van der Waals surface area contributed by atoms with Crippen molar-refractivity contribution in [1.29, 1.82) is 0 Å². The van der Waals surface area contributed by atoms with Gasteiger partial charge in [0, 0.05) is 26.7 Å². The summed E-state index contributed by atoms with van der Waals surface area (Å²) in [6, 6.07) is -0.196. The van der Waals surface area contributed by atoms with Gasteiger partial charge in [0.2, 0.25) is 11.8 Å². The minimum absolute atomic E-state index is 0.193. The summed E-state index contributed by atoms with van der Waals surface area (Å²) in [6.45, 7) is 8.54. The van der Waals surface area contributed by atoms with Gasteiger partial charge >= 0.3 is 0 Å². The average Bonchev–Trinajstić information content (AvgIpc) is 2.88. The van der Waals surface area contributed by atoms with Gasteiger partial charge < -0.3 is 15.0 Å². The molecule has 0 saturated carbocycles. The molecule has 1 N–H and O–H groups in total. The number of hydrogen-bond acceptors (Lipinski definition) is 4. The Labute approximate surface area is 139 Å². The third-order valence-corrected chi connectivity index (χ3v) is 4.48. The highest BCUT2D eigenvalue weighted by atomic mass is 16.5. The van der Waals surface area contributed by atoms with Gasteiger partial charge in [-0.15, -0.1) is 0 Å². The highest BCUT2D eigenvalue weighted by molar-refractivity contribution is 5.81. The third kappa shape index (κ3) is 4.05. The summed E-state index contributed by atoms with van der Waals surface area (Å²) in [6.07, 6.45) is 3.47. The van der Waals surface area contributed by atoms with Gasteiger partial charge in [0.05, 0.1) is 24.4 Å². The van der Waals surface area contributed by atoms with E-state index in [4.69, 9.17) is 4.74 Å². The van der Waals surface area contributed by atoms with E-state index in [0.717, 1.165) is 43.1 Å².